The zero-order valence-corrected chi connectivity index (χ0v) is 18.7. The molecule has 2 aromatic carbocycles. The van der Waals surface area contributed by atoms with E-state index >= 15 is 0 Å². The second-order valence-electron chi connectivity index (χ2n) is 7.72. The van der Waals surface area contributed by atoms with Gasteiger partial charge in [-0.2, -0.15) is 0 Å². The van der Waals surface area contributed by atoms with Crippen LogP contribution >= 0.6 is 11.3 Å². The molecule has 2 heterocycles. The van der Waals surface area contributed by atoms with E-state index in [0.29, 0.717) is 19.5 Å². The third kappa shape index (κ3) is 4.68. The Bertz CT molecular complexity index is 1240. The maximum absolute atomic E-state index is 13.2. The number of benzene rings is 2. The molecule has 0 saturated heterocycles. The van der Waals surface area contributed by atoms with Gasteiger partial charge in [0.05, 0.1) is 17.0 Å². The molecule has 0 radical (unpaired) electrons. The van der Waals surface area contributed by atoms with Crippen LogP contribution < -0.4 is 0 Å². The van der Waals surface area contributed by atoms with E-state index in [1.165, 1.54) is 18.2 Å². The van der Waals surface area contributed by atoms with Crippen molar-refractivity contribution in [1.82, 2.24) is 9.80 Å². The Hall–Kier alpha value is -3.85. The van der Waals surface area contributed by atoms with Gasteiger partial charge in [0.25, 0.3) is 17.5 Å². The van der Waals surface area contributed by atoms with Gasteiger partial charge in [-0.1, -0.05) is 36.4 Å². The van der Waals surface area contributed by atoms with Gasteiger partial charge >= 0.3 is 0 Å². The van der Waals surface area contributed by atoms with Crippen LogP contribution in [0.5, 0.6) is 0 Å². The second-order valence-corrected chi connectivity index (χ2v) is 9.09. The first-order chi connectivity index (χ1) is 15.8. The van der Waals surface area contributed by atoms with Crippen molar-refractivity contribution in [2.45, 2.75) is 19.9 Å². The fourth-order valence-electron chi connectivity index (χ4n) is 3.81. The van der Waals surface area contributed by atoms with E-state index in [-0.39, 0.29) is 11.1 Å². The number of amides is 3. The van der Waals surface area contributed by atoms with Crippen molar-refractivity contribution in [3.63, 3.8) is 0 Å². The van der Waals surface area contributed by atoms with Gasteiger partial charge in [-0.15, -0.1) is 11.3 Å². The Morgan fingerprint density at radius 2 is 1.79 bits per heavy atom. The summed E-state index contributed by atoms with van der Waals surface area (Å²) in [7, 11) is 0. The molecule has 33 heavy (non-hydrogen) atoms. The summed E-state index contributed by atoms with van der Waals surface area (Å²) in [5.41, 5.74) is 0.321. The van der Waals surface area contributed by atoms with Crippen molar-refractivity contribution in [2.24, 2.45) is 0 Å². The Morgan fingerprint density at radius 1 is 1.03 bits per heavy atom. The maximum atomic E-state index is 13.2. The molecule has 8 nitrogen and oxygen atoms in total. The number of hydrogen-bond acceptors (Lipinski definition) is 6. The van der Waals surface area contributed by atoms with Crippen LogP contribution in [0, 0.1) is 17.0 Å². The zero-order valence-electron chi connectivity index (χ0n) is 17.9. The van der Waals surface area contributed by atoms with Crippen LogP contribution in [0.3, 0.4) is 0 Å². The molecule has 4 rings (SSSR count). The lowest BCUT2D eigenvalue weighted by Gasteiger charge is -2.24. The molecular weight excluding hydrogens is 442 g/mol. The Kier molecular flexibility index (Phi) is 6.32. The fraction of sp³-hybridized carbons (Fsp3) is 0.208. The van der Waals surface area contributed by atoms with Gasteiger partial charge in [0.1, 0.15) is 12.1 Å². The van der Waals surface area contributed by atoms with E-state index in [4.69, 9.17) is 0 Å². The number of nitro groups is 1. The highest BCUT2D eigenvalue weighted by Crippen LogP contribution is 2.30. The van der Waals surface area contributed by atoms with Crippen LogP contribution in [0.4, 0.5) is 5.69 Å². The number of imide groups is 1. The summed E-state index contributed by atoms with van der Waals surface area (Å²) < 4.78 is 0. The maximum Gasteiger partial charge on any atom is 0.282 e. The number of nitro benzene ring substituents is 1. The van der Waals surface area contributed by atoms with Crippen molar-refractivity contribution >= 4 is 34.7 Å². The lowest BCUT2D eigenvalue weighted by Crippen LogP contribution is -2.43. The molecule has 0 aliphatic carbocycles. The van der Waals surface area contributed by atoms with E-state index in [9.17, 15) is 24.5 Å². The highest BCUT2D eigenvalue weighted by Gasteiger charge is 2.42. The molecule has 0 fully saturated rings. The van der Waals surface area contributed by atoms with Crippen LogP contribution in [0.2, 0.25) is 0 Å². The number of nitrogens with zero attached hydrogens (tertiary/aromatic N) is 3. The van der Waals surface area contributed by atoms with Crippen LogP contribution in [-0.4, -0.2) is 45.5 Å². The monoisotopic (exact) mass is 463 g/mol. The molecule has 1 aliphatic heterocycles. The zero-order chi connectivity index (χ0) is 23.5. The van der Waals surface area contributed by atoms with Gasteiger partial charge in [-0.05, 0) is 37.1 Å². The van der Waals surface area contributed by atoms with Crippen molar-refractivity contribution in [3.8, 4) is 0 Å². The van der Waals surface area contributed by atoms with E-state index in [1.807, 2.05) is 49.4 Å². The second kappa shape index (κ2) is 9.33. The SMILES string of the molecule is Cc1ccc(CN(CCc2ccccc2)C(=O)CN2C(=O)c3cccc([N+](=O)[O-])c3C2=O)s1. The van der Waals surface area contributed by atoms with Gasteiger partial charge in [0, 0.05) is 22.4 Å². The van der Waals surface area contributed by atoms with Gasteiger partial charge in [0.2, 0.25) is 5.91 Å². The minimum atomic E-state index is -0.814. The third-order valence-electron chi connectivity index (χ3n) is 5.48. The first-order valence-corrected chi connectivity index (χ1v) is 11.2. The largest absolute Gasteiger partial charge is 0.336 e. The summed E-state index contributed by atoms with van der Waals surface area (Å²) in [4.78, 5) is 54.1. The van der Waals surface area contributed by atoms with Crippen molar-refractivity contribution < 1.29 is 19.3 Å². The molecule has 0 bridgehead atoms. The average molecular weight is 464 g/mol. The molecule has 1 aromatic heterocycles. The van der Waals surface area contributed by atoms with Gasteiger partial charge in [0.15, 0.2) is 0 Å². The molecular formula is C24H21N3O5S. The Labute approximate surface area is 194 Å². The summed E-state index contributed by atoms with van der Waals surface area (Å²) >= 11 is 1.58. The highest BCUT2D eigenvalue weighted by atomic mass is 32.1. The standard InChI is InChI=1S/C24H21N3O5S/c1-16-10-11-18(33-16)14-25(13-12-17-6-3-2-4-7-17)21(28)15-26-23(29)19-8-5-9-20(27(31)32)22(19)24(26)30/h2-11H,12-15H2,1H3. The average Bonchev–Trinajstić information content (AvgIpc) is 3.33. The quantitative estimate of drug-likeness (QED) is 0.287. The summed E-state index contributed by atoms with van der Waals surface area (Å²) in [6.07, 6.45) is 0.616. The number of carbonyl (C=O) groups excluding carboxylic acids is 3. The number of fused-ring (bicyclic) bond motifs is 1. The minimum Gasteiger partial charge on any atom is -0.336 e. The number of hydrogen-bond donors (Lipinski definition) is 0. The molecule has 168 valence electrons. The first kappa shape index (κ1) is 22.3. The van der Waals surface area contributed by atoms with Crippen molar-refractivity contribution in [3.05, 3.63) is 97.2 Å². The number of rotatable bonds is 8. The van der Waals surface area contributed by atoms with Crippen LogP contribution in [0.1, 0.15) is 36.0 Å². The number of carbonyl (C=O) groups is 3. The van der Waals surface area contributed by atoms with Gasteiger partial charge < -0.3 is 4.90 Å². The molecule has 0 unspecified atom stereocenters. The molecule has 3 amide bonds. The third-order valence-corrected chi connectivity index (χ3v) is 6.46. The van der Waals surface area contributed by atoms with E-state index in [0.717, 1.165) is 20.2 Å². The summed E-state index contributed by atoms with van der Waals surface area (Å²) in [6, 6.07) is 17.6. The van der Waals surface area contributed by atoms with Crippen molar-refractivity contribution in [2.75, 3.05) is 13.1 Å². The van der Waals surface area contributed by atoms with Crippen LogP contribution in [0.15, 0.2) is 60.7 Å². The molecule has 3 aromatic rings. The smallest absolute Gasteiger partial charge is 0.282 e. The molecule has 0 spiro atoms. The van der Waals surface area contributed by atoms with Gasteiger partial charge in [-0.3, -0.25) is 29.4 Å². The van der Waals surface area contributed by atoms with E-state index in [1.54, 1.807) is 16.2 Å². The van der Waals surface area contributed by atoms with E-state index in [2.05, 4.69) is 0 Å². The molecule has 0 saturated carbocycles. The first-order valence-electron chi connectivity index (χ1n) is 10.4. The lowest BCUT2D eigenvalue weighted by molar-refractivity contribution is -0.385. The Morgan fingerprint density at radius 3 is 2.45 bits per heavy atom. The molecule has 9 heteroatoms. The molecule has 0 N–H and O–H groups in total. The van der Waals surface area contributed by atoms with Gasteiger partial charge in [-0.25, -0.2) is 0 Å². The lowest BCUT2D eigenvalue weighted by atomic mass is 10.1. The topological polar surface area (TPSA) is 101 Å². The normalized spacial score (nSPS) is 12.7. The fourth-order valence-corrected chi connectivity index (χ4v) is 4.71. The summed E-state index contributed by atoms with van der Waals surface area (Å²) in [6.45, 7) is 2.27. The Balaban J connectivity index is 1.54. The highest BCUT2D eigenvalue weighted by molar-refractivity contribution is 7.11. The predicted octanol–water partition coefficient (Wildman–Crippen LogP) is 3.83. The van der Waals surface area contributed by atoms with Crippen LogP contribution in [0.25, 0.3) is 0 Å². The van der Waals surface area contributed by atoms with Crippen LogP contribution in [-0.2, 0) is 17.8 Å². The summed E-state index contributed by atoms with van der Waals surface area (Å²) in [5.74, 6) is -1.90. The minimum absolute atomic E-state index is 0.0493. The molecule has 1 aliphatic rings. The number of thiophene rings is 1. The summed E-state index contributed by atoms with van der Waals surface area (Å²) in [5, 5.41) is 11.3. The van der Waals surface area contributed by atoms with E-state index < -0.39 is 34.9 Å². The van der Waals surface area contributed by atoms with Crippen molar-refractivity contribution in [1.29, 1.82) is 0 Å². The molecule has 0 atom stereocenters. The predicted molar refractivity (Wildman–Crippen MR) is 123 cm³/mol. The number of aryl methyl sites for hydroxylation is 1.